The first-order chi connectivity index (χ1) is 7.15. The number of carbonyl (C=O) groups excluding carboxylic acids is 1. The minimum atomic E-state index is -1.12. The molecule has 1 heterocycles. The molecule has 6 nitrogen and oxygen atoms in total. The van der Waals surface area contributed by atoms with Crippen molar-refractivity contribution in [3.8, 4) is 0 Å². The highest BCUT2D eigenvalue weighted by Gasteiger charge is 2.11. The molecular formula is C9H10N2O4. The fraction of sp³-hybridized carbons (Fsp3) is 0.222. The van der Waals surface area contributed by atoms with E-state index >= 15 is 0 Å². The molecule has 0 atom stereocenters. The van der Waals surface area contributed by atoms with Gasteiger partial charge in [-0.25, -0.2) is 4.79 Å². The lowest BCUT2D eigenvalue weighted by atomic mass is 10.2. The molecule has 1 aromatic heterocycles. The predicted molar refractivity (Wildman–Crippen MR) is 51.7 cm³/mol. The van der Waals surface area contributed by atoms with E-state index in [1.807, 2.05) is 0 Å². The van der Waals surface area contributed by atoms with Crippen LogP contribution in [0, 0.1) is 0 Å². The van der Waals surface area contributed by atoms with Crippen LogP contribution in [0.5, 0.6) is 0 Å². The first-order valence-corrected chi connectivity index (χ1v) is 4.11. The zero-order valence-corrected chi connectivity index (χ0v) is 8.06. The molecule has 0 saturated heterocycles. The van der Waals surface area contributed by atoms with Gasteiger partial charge in [-0.05, 0) is 6.07 Å². The zero-order valence-electron chi connectivity index (χ0n) is 8.06. The Balaban J connectivity index is 2.84. The maximum atomic E-state index is 11.1. The monoisotopic (exact) mass is 210 g/mol. The summed E-state index contributed by atoms with van der Waals surface area (Å²) in [5.41, 5.74) is 0.154. The number of aromatic nitrogens is 1. The molecule has 1 aromatic rings. The third-order valence-corrected chi connectivity index (χ3v) is 1.60. The number of carboxylic acids is 1. The van der Waals surface area contributed by atoms with Crippen molar-refractivity contribution in [1.29, 1.82) is 0 Å². The van der Waals surface area contributed by atoms with Crippen LogP contribution in [0.2, 0.25) is 0 Å². The topological polar surface area (TPSA) is 88.5 Å². The molecule has 0 aromatic carbocycles. The smallest absolute Gasteiger partial charge is 0.337 e. The highest BCUT2D eigenvalue weighted by atomic mass is 16.5. The number of pyridine rings is 1. The van der Waals surface area contributed by atoms with Crippen molar-refractivity contribution < 1.29 is 19.4 Å². The second-order valence-electron chi connectivity index (χ2n) is 2.71. The Morgan fingerprint density at radius 2 is 2.33 bits per heavy atom. The lowest BCUT2D eigenvalue weighted by Gasteiger charge is -2.06. The van der Waals surface area contributed by atoms with Gasteiger partial charge < -0.3 is 15.2 Å². The van der Waals surface area contributed by atoms with E-state index in [4.69, 9.17) is 5.11 Å². The van der Waals surface area contributed by atoms with E-state index in [1.54, 1.807) is 0 Å². The van der Waals surface area contributed by atoms with Crippen LogP contribution >= 0.6 is 0 Å². The van der Waals surface area contributed by atoms with Crippen LogP contribution in [0.3, 0.4) is 0 Å². The quantitative estimate of drug-likeness (QED) is 0.749. The summed E-state index contributed by atoms with van der Waals surface area (Å²) < 4.78 is 4.60. The van der Waals surface area contributed by atoms with Crippen LogP contribution in [0.15, 0.2) is 18.5 Å². The number of ether oxygens (including phenoxy) is 1. The van der Waals surface area contributed by atoms with E-state index in [-0.39, 0.29) is 17.9 Å². The molecule has 0 fully saturated rings. The minimum Gasteiger partial charge on any atom is -0.478 e. The number of rotatable bonds is 4. The van der Waals surface area contributed by atoms with Gasteiger partial charge in [-0.15, -0.1) is 0 Å². The lowest BCUT2D eigenvalue weighted by molar-refractivity contribution is -0.119. The molecule has 0 aliphatic heterocycles. The summed E-state index contributed by atoms with van der Waals surface area (Å²) in [6.45, 7) is -0.131. The highest BCUT2D eigenvalue weighted by Crippen LogP contribution is 2.12. The van der Waals surface area contributed by atoms with E-state index in [1.165, 1.54) is 25.6 Å². The normalized spacial score (nSPS) is 9.67. The fourth-order valence-electron chi connectivity index (χ4n) is 0.998. The Kier molecular flexibility index (Phi) is 3.75. The number of amides is 1. The van der Waals surface area contributed by atoms with Gasteiger partial charge in [-0.2, -0.15) is 0 Å². The van der Waals surface area contributed by atoms with Crippen molar-refractivity contribution in [2.24, 2.45) is 0 Å². The summed E-state index contributed by atoms with van der Waals surface area (Å²) in [6, 6.07) is 1.31. The highest BCUT2D eigenvalue weighted by molar-refractivity contribution is 6.00. The van der Waals surface area contributed by atoms with Crippen molar-refractivity contribution in [3.05, 3.63) is 24.0 Å². The van der Waals surface area contributed by atoms with E-state index in [9.17, 15) is 9.59 Å². The van der Waals surface area contributed by atoms with Gasteiger partial charge in [0, 0.05) is 13.3 Å². The summed E-state index contributed by atoms with van der Waals surface area (Å²) in [7, 11) is 1.38. The number of carboxylic acid groups (broad SMARTS) is 1. The summed E-state index contributed by atoms with van der Waals surface area (Å²) >= 11 is 0. The minimum absolute atomic E-state index is 0.00514. The van der Waals surface area contributed by atoms with Crippen molar-refractivity contribution >= 4 is 17.6 Å². The molecular weight excluding hydrogens is 200 g/mol. The number of anilines is 1. The molecule has 6 heteroatoms. The van der Waals surface area contributed by atoms with Crippen LogP contribution in [0.4, 0.5) is 5.69 Å². The molecule has 0 spiro atoms. The molecule has 0 unspecified atom stereocenters. The first kappa shape index (κ1) is 11.1. The van der Waals surface area contributed by atoms with Gasteiger partial charge in [0.25, 0.3) is 0 Å². The Labute approximate surface area is 85.9 Å². The Morgan fingerprint density at radius 1 is 1.60 bits per heavy atom. The van der Waals surface area contributed by atoms with Crippen molar-refractivity contribution in [2.45, 2.75) is 0 Å². The molecule has 1 rings (SSSR count). The zero-order chi connectivity index (χ0) is 11.3. The summed E-state index contributed by atoms with van der Waals surface area (Å²) in [5.74, 6) is -1.54. The second kappa shape index (κ2) is 5.06. The average molecular weight is 210 g/mol. The number of hydrogen-bond donors (Lipinski definition) is 2. The largest absolute Gasteiger partial charge is 0.478 e. The van der Waals surface area contributed by atoms with Crippen molar-refractivity contribution in [3.63, 3.8) is 0 Å². The number of hydrogen-bond acceptors (Lipinski definition) is 4. The van der Waals surface area contributed by atoms with Crippen LogP contribution in [-0.4, -0.2) is 35.7 Å². The van der Waals surface area contributed by atoms with Gasteiger partial charge in [0.1, 0.15) is 6.61 Å². The van der Waals surface area contributed by atoms with Crippen LogP contribution in [0.1, 0.15) is 10.4 Å². The number of aromatic carboxylic acids is 1. The maximum Gasteiger partial charge on any atom is 0.337 e. The Bertz CT molecular complexity index is 378. The van der Waals surface area contributed by atoms with Gasteiger partial charge >= 0.3 is 5.97 Å². The molecule has 80 valence electrons. The second-order valence-corrected chi connectivity index (χ2v) is 2.71. The molecule has 1 amide bonds. The number of nitrogens with one attached hydrogen (secondary N) is 1. The third kappa shape index (κ3) is 3.03. The number of carbonyl (C=O) groups is 2. The van der Waals surface area contributed by atoms with E-state index in [0.717, 1.165) is 0 Å². The standard InChI is InChI=1S/C9H10N2O4/c1-15-5-8(12)11-7-4-10-3-2-6(7)9(13)14/h2-4H,5H2,1H3,(H,11,12)(H,13,14). The fourth-order valence-corrected chi connectivity index (χ4v) is 0.998. The average Bonchev–Trinajstić information content (AvgIpc) is 2.18. The van der Waals surface area contributed by atoms with Crippen LogP contribution in [0.25, 0.3) is 0 Å². The molecule has 15 heavy (non-hydrogen) atoms. The first-order valence-electron chi connectivity index (χ1n) is 4.11. The molecule has 0 aliphatic carbocycles. The van der Waals surface area contributed by atoms with Gasteiger partial charge in [0.05, 0.1) is 17.4 Å². The van der Waals surface area contributed by atoms with Gasteiger partial charge in [0.15, 0.2) is 0 Å². The molecule has 0 aliphatic rings. The molecule has 2 N–H and O–H groups in total. The van der Waals surface area contributed by atoms with Crippen LogP contribution < -0.4 is 5.32 Å². The summed E-state index contributed by atoms with van der Waals surface area (Å²) in [5, 5.41) is 11.2. The van der Waals surface area contributed by atoms with Crippen molar-refractivity contribution in [2.75, 3.05) is 19.0 Å². The van der Waals surface area contributed by atoms with Crippen LogP contribution in [-0.2, 0) is 9.53 Å². The summed E-state index contributed by atoms with van der Waals surface area (Å²) in [4.78, 5) is 25.6. The number of methoxy groups -OCH3 is 1. The van der Waals surface area contributed by atoms with E-state index < -0.39 is 11.9 Å². The molecule has 0 saturated carbocycles. The third-order valence-electron chi connectivity index (χ3n) is 1.60. The van der Waals surface area contributed by atoms with Gasteiger partial charge in [-0.3, -0.25) is 9.78 Å². The molecule has 0 radical (unpaired) electrons. The van der Waals surface area contributed by atoms with Gasteiger partial charge in [0.2, 0.25) is 5.91 Å². The maximum absolute atomic E-state index is 11.1. The number of nitrogens with zero attached hydrogens (tertiary/aromatic N) is 1. The Hall–Kier alpha value is -1.95. The summed E-state index contributed by atoms with van der Waals surface area (Å²) in [6.07, 6.45) is 2.62. The lowest BCUT2D eigenvalue weighted by Crippen LogP contribution is -2.19. The van der Waals surface area contributed by atoms with Gasteiger partial charge in [-0.1, -0.05) is 0 Å². The van der Waals surface area contributed by atoms with Crippen molar-refractivity contribution in [1.82, 2.24) is 4.98 Å². The van der Waals surface area contributed by atoms with E-state index in [0.29, 0.717) is 0 Å². The SMILES string of the molecule is COCC(=O)Nc1cnccc1C(=O)O. The predicted octanol–water partition coefficient (Wildman–Crippen LogP) is 0.365. The Morgan fingerprint density at radius 3 is 2.93 bits per heavy atom. The molecule has 0 bridgehead atoms. The van der Waals surface area contributed by atoms with E-state index in [2.05, 4.69) is 15.0 Å².